The van der Waals surface area contributed by atoms with Gasteiger partial charge in [-0.3, -0.25) is 14.6 Å². The maximum Gasteiger partial charge on any atom is 0.295 e. The van der Waals surface area contributed by atoms with Crippen LogP contribution in [0.1, 0.15) is 36.9 Å². The largest absolute Gasteiger partial charge is 0.507 e. The Morgan fingerprint density at radius 2 is 1.93 bits per heavy atom. The molecule has 0 saturated carbocycles. The Labute approximate surface area is 175 Å². The van der Waals surface area contributed by atoms with E-state index in [1.807, 2.05) is 6.92 Å². The first kappa shape index (κ1) is 21.5. The molecular formula is C23H26N2O5. The first-order chi connectivity index (χ1) is 14.6. The second-order valence-electron chi connectivity index (χ2n) is 7.00. The highest BCUT2D eigenvalue weighted by Crippen LogP contribution is 2.39. The molecule has 1 aromatic carbocycles. The number of aliphatic hydroxyl groups is 1. The van der Waals surface area contributed by atoms with Gasteiger partial charge in [0.1, 0.15) is 11.5 Å². The molecule has 0 unspecified atom stereocenters. The van der Waals surface area contributed by atoms with Crippen molar-refractivity contribution < 1.29 is 24.2 Å². The smallest absolute Gasteiger partial charge is 0.295 e. The molecule has 7 nitrogen and oxygen atoms in total. The molecule has 30 heavy (non-hydrogen) atoms. The van der Waals surface area contributed by atoms with E-state index in [1.165, 1.54) is 4.90 Å². The fourth-order valence-electron chi connectivity index (χ4n) is 3.46. The maximum absolute atomic E-state index is 12.9. The molecular weight excluding hydrogens is 384 g/mol. The van der Waals surface area contributed by atoms with E-state index >= 15 is 0 Å². The van der Waals surface area contributed by atoms with Gasteiger partial charge in [-0.1, -0.05) is 13.0 Å². The Bertz CT molecular complexity index is 909. The van der Waals surface area contributed by atoms with E-state index in [9.17, 15) is 14.7 Å². The monoisotopic (exact) mass is 410 g/mol. The molecule has 3 rings (SSSR count). The first-order valence-corrected chi connectivity index (χ1v) is 9.99. The summed E-state index contributed by atoms with van der Waals surface area (Å²) in [5.74, 6) is -0.870. The summed E-state index contributed by atoms with van der Waals surface area (Å²) in [5, 5.41) is 11.0. The van der Waals surface area contributed by atoms with Gasteiger partial charge in [-0.2, -0.15) is 0 Å². The van der Waals surface area contributed by atoms with E-state index < -0.39 is 17.7 Å². The van der Waals surface area contributed by atoms with Gasteiger partial charge >= 0.3 is 0 Å². The van der Waals surface area contributed by atoms with Gasteiger partial charge in [0.2, 0.25) is 0 Å². The fourth-order valence-corrected chi connectivity index (χ4v) is 3.46. The maximum atomic E-state index is 12.9. The van der Waals surface area contributed by atoms with Gasteiger partial charge in [0.15, 0.2) is 0 Å². The van der Waals surface area contributed by atoms with Gasteiger partial charge in [-0.25, -0.2) is 0 Å². The van der Waals surface area contributed by atoms with Crippen LogP contribution in [0.4, 0.5) is 0 Å². The number of methoxy groups -OCH3 is 1. The van der Waals surface area contributed by atoms with Crippen LogP contribution in [-0.2, 0) is 14.3 Å². The van der Waals surface area contributed by atoms with Gasteiger partial charge < -0.3 is 19.5 Å². The predicted octanol–water partition coefficient (Wildman–Crippen LogP) is 3.33. The molecule has 1 fully saturated rings. The molecule has 1 N–H and O–H groups in total. The standard InChI is InChI=1S/C23H26N2O5/c1-3-13-30-18-9-7-16(8-10-18)21(26)19-20(17-6-4-11-24-15-17)25(12-5-14-29-2)23(28)22(19)27/h4,6-11,15,20,26H,3,5,12-14H2,1-2H3/t20-/m0/s1. The zero-order chi connectivity index (χ0) is 21.5. The number of rotatable bonds is 9. The molecule has 1 aliphatic heterocycles. The highest BCUT2D eigenvalue weighted by molar-refractivity contribution is 6.46. The highest BCUT2D eigenvalue weighted by Gasteiger charge is 2.45. The van der Waals surface area contributed by atoms with Crippen LogP contribution in [-0.4, -0.2) is 53.5 Å². The van der Waals surface area contributed by atoms with Crippen LogP contribution in [0.3, 0.4) is 0 Å². The van der Waals surface area contributed by atoms with Crippen molar-refractivity contribution in [2.75, 3.05) is 26.9 Å². The average Bonchev–Trinajstić information content (AvgIpc) is 3.03. The Morgan fingerprint density at radius 1 is 1.17 bits per heavy atom. The number of amides is 1. The number of carbonyl (C=O) groups excluding carboxylic acids is 2. The minimum atomic E-state index is -0.704. The summed E-state index contributed by atoms with van der Waals surface area (Å²) in [4.78, 5) is 31.2. The topological polar surface area (TPSA) is 89.0 Å². The molecule has 0 spiro atoms. The van der Waals surface area contributed by atoms with Crippen LogP contribution in [0.25, 0.3) is 5.76 Å². The Hall–Kier alpha value is -3.19. The fraction of sp³-hybridized carbons (Fsp3) is 0.348. The van der Waals surface area contributed by atoms with Crippen molar-refractivity contribution >= 4 is 17.4 Å². The van der Waals surface area contributed by atoms with E-state index in [2.05, 4.69) is 4.98 Å². The van der Waals surface area contributed by atoms with Crippen molar-refractivity contribution in [3.05, 3.63) is 65.5 Å². The van der Waals surface area contributed by atoms with Crippen molar-refractivity contribution in [2.45, 2.75) is 25.8 Å². The van der Waals surface area contributed by atoms with Crippen molar-refractivity contribution in [3.8, 4) is 5.75 Å². The van der Waals surface area contributed by atoms with E-state index in [1.54, 1.807) is 55.9 Å². The van der Waals surface area contributed by atoms with E-state index in [4.69, 9.17) is 9.47 Å². The van der Waals surface area contributed by atoms with Gasteiger partial charge in [-0.05, 0) is 48.7 Å². The quantitative estimate of drug-likeness (QED) is 0.295. The second kappa shape index (κ2) is 10.0. The molecule has 2 aromatic rings. The molecule has 158 valence electrons. The number of aliphatic hydroxyl groups excluding tert-OH is 1. The number of hydrogen-bond acceptors (Lipinski definition) is 6. The number of ketones is 1. The van der Waals surface area contributed by atoms with E-state index in [0.717, 1.165) is 6.42 Å². The summed E-state index contributed by atoms with van der Waals surface area (Å²) in [7, 11) is 1.58. The molecule has 0 radical (unpaired) electrons. The van der Waals surface area contributed by atoms with Crippen molar-refractivity contribution in [1.82, 2.24) is 9.88 Å². The number of ether oxygens (including phenoxy) is 2. The van der Waals surface area contributed by atoms with Crippen LogP contribution in [0, 0.1) is 0 Å². The molecule has 1 aromatic heterocycles. The molecule has 1 saturated heterocycles. The summed E-state index contributed by atoms with van der Waals surface area (Å²) in [6, 6.07) is 9.66. The lowest BCUT2D eigenvalue weighted by atomic mass is 9.96. The molecule has 1 atom stereocenters. The lowest BCUT2D eigenvalue weighted by Gasteiger charge is -2.25. The minimum absolute atomic E-state index is 0.0626. The van der Waals surface area contributed by atoms with Crippen molar-refractivity contribution in [1.29, 1.82) is 0 Å². The van der Waals surface area contributed by atoms with Crippen LogP contribution >= 0.6 is 0 Å². The Balaban J connectivity index is 2.00. The van der Waals surface area contributed by atoms with Crippen LogP contribution in [0.5, 0.6) is 5.75 Å². The number of pyridine rings is 1. The third-order valence-corrected chi connectivity index (χ3v) is 4.89. The number of nitrogens with zero attached hydrogens (tertiary/aromatic N) is 2. The highest BCUT2D eigenvalue weighted by atomic mass is 16.5. The normalized spacial score (nSPS) is 18.1. The summed E-state index contributed by atoms with van der Waals surface area (Å²) in [5.41, 5.74) is 1.17. The molecule has 1 aliphatic rings. The number of benzene rings is 1. The Morgan fingerprint density at radius 3 is 2.57 bits per heavy atom. The van der Waals surface area contributed by atoms with E-state index in [0.29, 0.717) is 43.1 Å². The Kier molecular flexibility index (Phi) is 7.19. The summed E-state index contributed by atoms with van der Waals surface area (Å²) in [6.07, 6.45) is 4.69. The summed E-state index contributed by atoms with van der Waals surface area (Å²) >= 11 is 0. The van der Waals surface area contributed by atoms with Crippen molar-refractivity contribution in [3.63, 3.8) is 0 Å². The first-order valence-electron chi connectivity index (χ1n) is 9.99. The van der Waals surface area contributed by atoms with Gasteiger partial charge in [0.25, 0.3) is 11.7 Å². The van der Waals surface area contributed by atoms with Gasteiger partial charge in [0.05, 0.1) is 18.2 Å². The third kappa shape index (κ3) is 4.52. The summed E-state index contributed by atoms with van der Waals surface area (Å²) < 4.78 is 10.6. The number of aromatic nitrogens is 1. The number of likely N-dealkylation sites (tertiary alicyclic amines) is 1. The molecule has 0 aliphatic carbocycles. The number of Topliss-reactive ketones (excluding diaryl/α,β-unsaturated/α-hetero) is 1. The minimum Gasteiger partial charge on any atom is -0.507 e. The predicted molar refractivity (Wildman–Crippen MR) is 112 cm³/mol. The summed E-state index contributed by atoms with van der Waals surface area (Å²) in [6.45, 7) is 3.41. The second-order valence-corrected chi connectivity index (χ2v) is 7.00. The average molecular weight is 410 g/mol. The number of carbonyl (C=O) groups is 2. The van der Waals surface area contributed by atoms with Crippen molar-refractivity contribution in [2.24, 2.45) is 0 Å². The van der Waals surface area contributed by atoms with Crippen LogP contribution in [0.15, 0.2) is 54.4 Å². The molecule has 7 heteroatoms. The zero-order valence-electron chi connectivity index (χ0n) is 17.2. The third-order valence-electron chi connectivity index (χ3n) is 4.89. The molecule has 1 amide bonds. The lowest BCUT2D eigenvalue weighted by molar-refractivity contribution is -0.140. The SMILES string of the molecule is CCCOc1ccc(C(O)=C2C(=O)C(=O)N(CCCOC)[C@H]2c2cccnc2)cc1. The number of hydrogen-bond donors (Lipinski definition) is 1. The van der Waals surface area contributed by atoms with E-state index in [-0.39, 0.29) is 11.3 Å². The lowest BCUT2D eigenvalue weighted by Crippen LogP contribution is -2.31. The van der Waals surface area contributed by atoms with Gasteiger partial charge in [-0.15, -0.1) is 0 Å². The van der Waals surface area contributed by atoms with Gasteiger partial charge in [0, 0.05) is 38.2 Å². The van der Waals surface area contributed by atoms with Crippen LogP contribution < -0.4 is 4.74 Å². The molecule has 0 bridgehead atoms. The molecule has 2 heterocycles. The van der Waals surface area contributed by atoms with Crippen LogP contribution in [0.2, 0.25) is 0 Å². The zero-order valence-corrected chi connectivity index (χ0v) is 17.2.